The Kier molecular flexibility index (Phi) is 3.20. The monoisotopic (exact) mass is 211 g/mol. The zero-order chi connectivity index (χ0) is 10.7. The maximum Gasteiger partial charge on any atom is 0.345 e. The van der Waals surface area contributed by atoms with E-state index < -0.39 is 0 Å². The lowest BCUT2D eigenvalue weighted by atomic mass is 10.2. The number of hydrogen-bond donors (Lipinski definition) is 1. The van der Waals surface area contributed by atoms with E-state index in [0.717, 1.165) is 31.6 Å². The first kappa shape index (κ1) is 10.4. The summed E-state index contributed by atoms with van der Waals surface area (Å²) in [5.74, 6) is 0.912. The molecule has 0 saturated heterocycles. The zero-order valence-electron chi connectivity index (χ0n) is 8.85. The number of aryl methyl sites for hydroxylation is 2. The molecule has 5 heteroatoms. The molecule has 15 heavy (non-hydrogen) atoms. The summed E-state index contributed by atoms with van der Waals surface area (Å²) in [4.78, 5) is 11.9. The van der Waals surface area contributed by atoms with Gasteiger partial charge in [-0.05, 0) is 19.3 Å². The average molecular weight is 211 g/mol. The lowest BCUT2D eigenvalue weighted by Crippen LogP contribution is -2.25. The van der Waals surface area contributed by atoms with Crippen molar-refractivity contribution in [2.75, 3.05) is 6.61 Å². The summed E-state index contributed by atoms with van der Waals surface area (Å²) in [5, 5.41) is 13.0. The number of aliphatic hydroxyl groups excluding tert-OH is 1. The van der Waals surface area contributed by atoms with Gasteiger partial charge in [-0.15, -0.1) is 0 Å². The highest BCUT2D eigenvalue weighted by atomic mass is 16.3. The van der Waals surface area contributed by atoms with Gasteiger partial charge in [0.2, 0.25) is 0 Å². The Hall–Kier alpha value is -1.10. The third kappa shape index (κ3) is 2.12. The van der Waals surface area contributed by atoms with E-state index in [9.17, 15) is 4.79 Å². The molecule has 0 aromatic carbocycles. The molecule has 2 rings (SSSR count). The molecule has 1 aliphatic heterocycles. The van der Waals surface area contributed by atoms with Gasteiger partial charge >= 0.3 is 5.69 Å². The Bertz CT molecular complexity index is 381. The van der Waals surface area contributed by atoms with Gasteiger partial charge in [0.15, 0.2) is 0 Å². The van der Waals surface area contributed by atoms with E-state index in [1.807, 2.05) is 0 Å². The van der Waals surface area contributed by atoms with Crippen LogP contribution in [0.15, 0.2) is 4.79 Å². The molecular weight excluding hydrogens is 194 g/mol. The SMILES string of the molecule is O=c1n(CCCO)nc2n1CCCCC2. The molecule has 2 heterocycles. The van der Waals surface area contributed by atoms with E-state index in [4.69, 9.17) is 5.11 Å². The number of aromatic nitrogens is 3. The maximum absolute atomic E-state index is 11.9. The van der Waals surface area contributed by atoms with Crippen LogP contribution < -0.4 is 5.69 Å². The zero-order valence-corrected chi connectivity index (χ0v) is 8.85. The molecule has 1 aromatic rings. The van der Waals surface area contributed by atoms with Crippen LogP contribution in [0.4, 0.5) is 0 Å². The lowest BCUT2D eigenvalue weighted by molar-refractivity contribution is 0.275. The Morgan fingerprint density at radius 2 is 2.20 bits per heavy atom. The van der Waals surface area contributed by atoms with E-state index in [1.165, 1.54) is 11.1 Å². The molecule has 84 valence electrons. The fraction of sp³-hybridized carbons (Fsp3) is 0.800. The number of aliphatic hydroxyl groups is 1. The van der Waals surface area contributed by atoms with Crippen molar-refractivity contribution in [3.8, 4) is 0 Å². The molecule has 0 unspecified atom stereocenters. The summed E-state index contributed by atoms with van der Waals surface area (Å²) < 4.78 is 3.27. The highest BCUT2D eigenvalue weighted by Crippen LogP contribution is 2.10. The molecule has 0 fully saturated rings. The standard InChI is InChI=1S/C10H17N3O2/c14-8-4-7-13-10(15)12-6-3-1-2-5-9(12)11-13/h14H,1-8H2. The van der Waals surface area contributed by atoms with Crippen molar-refractivity contribution in [2.45, 2.75) is 45.2 Å². The number of fused-ring (bicyclic) bond motifs is 1. The van der Waals surface area contributed by atoms with Crippen LogP contribution in [0, 0.1) is 0 Å². The number of hydrogen-bond acceptors (Lipinski definition) is 3. The quantitative estimate of drug-likeness (QED) is 0.774. The molecule has 1 N–H and O–H groups in total. The Morgan fingerprint density at radius 1 is 1.33 bits per heavy atom. The van der Waals surface area contributed by atoms with E-state index in [2.05, 4.69) is 5.10 Å². The molecule has 0 radical (unpaired) electrons. The van der Waals surface area contributed by atoms with Crippen molar-refractivity contribution in [1.29, 1.82) is 0 Å². The van der Waals surface area contributed by atoms with E-state index in [1.54, 1.807) is 4.57 Å². The lowest BCUT2D eigenvalue weighted by Gasteiger charge is -1.97. The minimum atomic E-state index is -0.0136. The molecule has 0 saturated carbocycles. The summed E-state index contributed by atoms with van der Waals surface area (Å²) in [5.41, 5.74) is -0.0136. The molecule has 0 aliphatic carbocycles. The van der Waals surface area contributed by atoms with Crippen molar-refractivity contribution >= 4 is 0 Å². The average Bonchev–Trinajstić information content (AvgIpc) is 2.44. The second-order valence-corrected chi connectivity index (χ2v) is 3.96. The molecular formula is C10H17N3O2. The number of nitrogens with zero attached hydrogens (tertiary/aromatic N) is 3. The van der Waals surface area contributed by atoms with Crippen LogP contribution in [0.3, 0.4) is 0 Å². The Balaban J connectivity index is 2.24. The third-order valence-electron chi connectivity index (χ3n) is 2.81. The first-order chi connectivity index (χ1) is 7.33. The molecule has 0 amide bonds. The van der Waals surface area contributed by atoms with Crippen molar-refractivity contribution in [1.82, 2.24) is 14.3 Å². The molecule has 1 aromatic heterocycles. The van der Waals surface area contributed by atoms with Crippen LogP contribution in [0.25, 0.3) is 0 Å². The maximum atomic E-state index is 11.9. The molecule has 5 nitrogen and oxygen atoms in total. The minimum absolute atomic E-state index is 0.0136. The largest absolute Gasteiger partial charge is 0.396 e. The normalized spacial score (nSPS) is 16.1. The van der Waals surface area contributed by atoms with Crippen molar-refractivity contribution in [3.63, 3.8) is 0 Å². The fourth-order valence-electron chi connectivity index (χ4n) is 1.99. The van der Waals surface area contributed by atoms with Crippen LogP contribution in [0.1, 0.15) is 31.5 Å². The van der Waals surface area contributed by atoms with E-state index >= 15 is 0 Å². The van der Waals surface area contributed by atoms with Crippen LogP contribution in [-0.2, 0) is 19.5 Å². The van der Waals surface area contributed by atoms with Crippen molar-refractivity contribution in [2.24, 2.45) is 0 Å². The smallest absolute Gasteiger partial charge is 0.345 e. The van der Waals surface area contributed by atoms with E-state index in [-0.39, 0.29) is 12.3 Å². The first-order valence-corrected chi connectivity index (χ1v) is 5.60. The second-order valence-electron chi connectivity index (χ2n) is 3.96. The van der Waals surface area contributed by atoms with Gasteiger partial charge < -0.3 is 5.11 Å². The van der Waals surface area contributed by atoms with Gasteiger partial charge in [0.1, 0.15) is 5.82 Å². The highest BCUT2D eigenvalue weighted by molar-refractivity contribution is 4.90. The summed E-state index contributed by atoms with van der Waals surface area (Å²) in [6, 6.07) is 0. The number of rotatable bonds is 3. The Labute approximate surface area is 88.3 Å². The predicted octanol–water partition coefficient (Wildman–Crippen LogP) is 0.154. The third-order valence-corrected chi connectivity index (χ3v) is 2.81. The molecule has 0 bridgehead atoms. The van der Waals surface area contributed by atoms with Gasteiger partial charge in [0, 0.05) is 26.1 Å². The second kappa shape index (κ2) is 4.61. The highest BCUT2D eigenvalue weighted by Gasteiger charge is 2.14. The van der Waals surface area contributed by atoms with Crippen LogP contribution >= 0.6 is 0 Å². The van der Waals surface area contributed by atoms with Gasteiger partial charge in [-0.25, -0.2) is 9.48 Å². The summed E-state index contributed by atoms with van der Waals surface area (Å²) in [6.07, 6.45) is 4.87. The predicted molar refractivity (Wildman–Crippen MR) is 55.7 cm³/mol. The Morgan fingerprint density at radius 3 is 3.00 bits per heavy atom. The van der Waals surface area contributed by atoms with Gasteiger partial charge in [-0.3, -0.25) is 4.57 Å². The van der Waals surface area contributed by atoms with Gasteiger partial charge in [-0.2, -0.15) is 5.10 Å². The molecule has 0 atom stereocenters. The van der Waals surface area contributed by atoms with Gasteiger partial charge in [-0.1, -0.05) is 6.42 Å². The van der Waals surface area contributed by atoms with Crippen molar-refractivity contribution < 1.29 is 5.11 Å². The summed E-state index contributed by atoms with van der Waals surface area (Å²) in [6.45, 7) is 1.43. The van der Waals surface area contributed by atoms with Gasteiger partial charge in [0.25, 0.3) is 0 Å². The summed E-state index contributed by atoms with van der Waals surface area (Å²) >= 11 is 0. The summed E-state index contributed by atoms with van der Waals surface area (Å²) in [7, 11) is 0. The molecule has 1 aliphatic rings. The topological polar surface area (TPSA) is 60.1 Å². The first-order valence-electron chi connectivity index (χ1n) is 5.60. The fourth-order valence-corrected chi connectivity index (χ4v) is 1.99. The van der Waals surface area contributed by atoms with Crippen molar-refractivity contribution in [3.05, 3.63) is 16.3 Å². The van der Waals surface area contributed by atoms with Crippen LogP contribution in [0.2, 0.25) is 0 Å². The van der Waals surface area contributed by atoms with E-state index in [0.29, 0.717) is 13.0 Å². The van der Waals surface area contributed by atoms with Crippen LogP contribution in [-0.4, -0.2) is 26.1 Å². The van der Waals surface area contributed by atoms with Crippen LogP contribution in [0.5, 0.6) is 0 Å². The molecule has 0 spiro atoms. The minimum Gasteiger partial charge on any atom is -0.396 e. The van der Waals surface area contributed by atoms with Gasteiger partial charge in [0.05, 0.1) is 0 Å².